The Morgan fingerprint density at radius 1 is 1.09 bits per heavy atom. The van der Waals surface area contributed by atoms with Crippen molar-refractivity contribution in [3.05, 3.63) is 75.5 Å². The Morgan fingerprint density at radius 2 is 1.83 bits per heavy atom. The average Bonchev–Trinajstić information content (AvgIpc) is 2.82. The van der Waals surface area contributed by atoms with Gasteiger partial charge in [-0.05, 0) is 59.7 Å². The Labute approximate surface area is 213 Å². The van der Waals surface area contributed by atoms with Gasteiger partial charge in [-0.3, -0.25) is 9.78 Å². The van der Waals surface area contributed by atoms with E-state index in [1.807, 2.05) is 59.0 Å². The van der Waals surface area contributed by atoms with E-state index in [4.69, 9.17) is 5.73 Å². The molecule has 4 rings (SSSR count). The summed E-state index contributed by atoms with van der Waals surface area (Å²) >= 11 is 2.02. The van der Waals surface area contributed by atoms with Crippen molar-refractivity contribution in [2.75, 3.05) is 5.32 Å². The van der Waals surface area contributed by atoms with E-state index in [1.165, 1.54) is 0 Å². The first-order chi connectivity index (χ1) is 16.7. The van der Waals surface area contributed by atoms with E-state index in [0.29, 0.717) is 31.8 Å². The maximum Gasteiger partial charge on any atom is 0.388 e. The quantitative estimate of drug-likeness (QED) is 0.223. The van der Waals surface area contributed by atoms with Crippen LogP contribution >= 0.6 is 22.6 Å². The number of pyridine rings is 2. The third-order valence-corrected chi connectivity index (χ3v) is 5.86. The van der Waals surface area contributed by atoms with Crippen LogP contribution in [0.2, 0.25) is 0 Å². The molecule has 0 radical (unpaired) electrons. The van der Waals surface area contributed by atoms with Crippen molar-refractivity contribution in [3.8, 4) is 28.1 Å². The number of nitrogens with zero attached hydrogens (tertiary/aromatic N) is 4. The second-order valence-electron chi connectivity index (χ2n) is 7.46. The van der Waals surface area contributed by atoms with Crippen molar-refractivity contribution in [2.24, 2.45) is 5.73 Å². The SMILES string of the molecule is Cc1cc(Nc2nc(I)c(-c3cnccc3-c3ccccc3)c(C(N)=O)n2)c(C)nc1OC(F)F. The number of anilines is 2. The monoisotopic (exact) mass is 588 g/mol. The second-order valence-corrected chi connectivity index (χ2v) is 8.48. The fraction of sp³-hybridized carbons (Fsp3) is 0.125. The van der Waals surface area contributed by atoms with E-state index >= 15 is 0 Å². The average molecular weight is 588 g/mol. The topological polar surface area (TPSA) is 116 Å². The molecule has 0 atom stereocenters. The first kappa shape index (κ1) is 24.4. The van der Waals surface area contributed by atoms with Crippen LogP contribution in [0.25, 0.3) is 22.3 Å². The molecule has 1 aromatic carbocycles. The van der Waals surface area contributed by atoms with Crippen LogP contribution in [0.5, 0.6) is 5.88 Å². The Bertz CT molecular complexity index is 1400. The van der Waals surface area contributed by atoms with E-state index < -0.39 is 12.5 Å². The molecule has 0 aliphatic rings. The van der Waals surface area contributed by atoms with E-state index in [-0.39, 0.29) is 17.5 Å². The lowest BCUT2D eigenvalue weighted by molar-refractivity contribution is -0.0533. The van der Waals surface area contributed by atoms with Crippen LogP contribution in [-0.4, -0.2) is 32.5 Å². The molecule has 0 fully saturated rings. The number of hydrogen-bond acceptors (Lipinski definition) is 7. The molecule has 3 aromatic heterocycles. The first-order valence-electron chi connectivity index (χ1n) is 10.3. The number of nitrogens with two attached hydrogens (primary N) is 1. The van der Waals surface area contributed by atoms with E-state index in [1.54, 1.807) is 32.3 Å². The minimum atomic E-state index is -2.98. The summed E-state index contributed by atoms with van der Waals surface area (Å²) in [5.41, 5.74) is 9.86. The fourth-order valence-electron chi connectivity index (χ4n) is 3.50. The third kappa shape index (κ3) is 5.34. The highest BCUT2D eigenvalue weighted by molar-refractivity contribution is 14.1. The lowest BCUT2D eigenvalue weighted by Crippen LogP contribution is -2.18. The number of ether oxygens (including phenoxy) is 1. The number of aromatic nitrogens is 4. The van der Waals surface area contributed by atoms with Crippen LogP contribution in [0.4, 0.5) is 20.4 Å². The van der Waals surface area contributed by atoms with Gasteiger partial charge in [0.1, 0.15) is 9.39 Å². The molecule has 11 heteroatoms. The van der Waals surface area contributed by atoms with Gasteiger partial charge in [0, 0.05) is 29.1 Å². The van der Waals surface area contributed by atoms with Crippen molar-refractivity contribution in [1.29, 1.82) is 0 Å². The number of hydrogen-bond donors (Lipinski definition) is 2. The van der Waals surface area contributed by atoms with Gasteiger partial charge in [-0.25, -0.2) is 15.0 Å². The number of amides is 1. The van der Waals surface area contributed by atoms with Crippen LogP contribution in [0.3, 0.4) is 0 Å². The molecule has 4 aromatic rings. The molecule has 3 heterocycles. The lowest BCUT2D eigenvalue weighted by Gasteiger charge is -2.16. The first-order valence-corrected chi connectivity index (χ1v) is 11.4. The summed E-state index contributed by atoms with van der Waals surface area (Å²) in [5, 5.41) is 3.00. The van der Waals surface area contributed by atoms with E-state index in [0.717, 1.165) is 11.1 Å². The predicted octanol–water partition coefficient (Wildman–Crippen LogP) is 5.27. The lowest BCUT2D eigenvalue weighted by atomic mass is 9.96. The molecular formula is C24H19F2IN6O2. The molecule has 0 unspecified atom stereocenters. The predicted molar refractivity (Wildman–Crippen MR) is 136 cm³/mol. The zero-order chi connectivity index (χ0) is 25.1. The van der Waals surface area contributed by atoms with E-state index in [2.05, 4.69) is 30.0 Å². The zero-order valence-electron chi connectivity index (χ0n) is 18.6. The van der Waals surface area contributed by atoms with Crippen molar-refractivity contribution >= 4 is 40.1 Å². The highest BCUT2D eigenvalue weighted by atomic mass is 127. The molecule has 35 heavy (non-hydrogen) atoms. The van der Waals surface area contributed by atoms with Gasteiger partial charge in [0.2, 0.25) is 11.8 Å². The summed E-state index contributed by atoms with van der Waals surface area (Å²) in [7, 11) is 0. The molecule has 0 bridgehead atoms. The van der Waals surface area contributed by atoms with Gasteiger partial charge < -0.3 is 15.8 Å². The van der Waals surface area contributed by atoms with Crippen LogP contribution in [0.15, 0.2) is 54.9 Å². The van der Waals surface area contributed by atoms with Gasteiger partial charge in [0.05, 0.1) is 11.4 Å². The fourth-order valence-corrected chi connectivity index (χ4v) is 4.28. The maximum absolute atomic E-state index is 12.6. The summed E-state index contributed by atoms with van der Waals surface area (Å²) in [6.45, 7) is 0.227. The number of carbonyl (C=O) groups excluding carboxylic acids is 1. The van der Waals surface area contributed by atoms with Crippen LogP contribution in [0, 0.1) is 17.5 Å². The molecule has 0 aliphatic carbocycles. The molecule has 3 N–H and O–H groups in total. The van der Waals surface area contributed by atoms with Gasteiger partial charge in [0.25, 0.3) is 5.91 Å². The molecule has 1 amide bonds. The maximum atomic E-state index is 12.6. The minimum absolute atomic E-state index is 0.0112. The van der Waals surface area contributed by atoms with Gasteiger partial charge in [-0.1, -0.05) is 30.3 Å². The molecular weight excluding hydrogens is 569 g/mol. The van der Waals surface area contributed by atoms with Gasteiger partial charge >= 0.3 is 6.61 Å². The van der Waals surface area contributed by atoms with Crippen LogP contribution < -0.4 is 15.8 Å². The normalized spacial score (nSPS) is 10.9. The standard InChI is InChI=1S/C24H19F2IN6O2/c1-12-10-17(13(2)30-22(12)35-23(25)26)31-24-32-19(21(28)34)18(20(27)33-24)16-11-29-9-8-15(16)14-6-4-3-5-7-14/h3-11,23H,1-2H3,(H2,28,34)(H,31,32,33). The number of alkyl halides is 2. The van der Waals surface area contributed by atoms with Crippen LogP contribution in [-0.2, 0) is 0 Å². The molecule has 0 saturated carbocycles. The van der Waals surface area contributed by atoms with Gasteiger partial charge in [-0.2, -0.15) is 8.78 Å². The van der Waals surface area contributed by atoms with Crippen molar-refractivity contribution in [3.63, 3.8) is 0 Å². The van der Waals surface area contributed by atoms with E-state index in [9.17, 15) is 13.6 Å². The number of carbonyl (C=O) groups is 1. The summed E-state index contributed by atoms with van der Waals surface area (Å²) in [4.78, 5) is 29.6. The Morgan fingerprint density at radius 3 is 2.51 bits per heavy atom. The highest BCUT2D eigenvalue weighted by Crippen LogP contribution is 2.36. The Kier molecular flexibility index (Phi) is 7.15. The molecule has 0 aliphatic heterocycles. The number of halogens is 3. The third-order valence-electron chi connectivity index (χ3n) is 5.08. The summed E-state index contributed by atoms with van der Waals surface area (Å²) in [6.07, 6.45) is 3.31. The van der Waals surface area contributed by atoms with Crippen molar-refractivity contribution in [1.82, 2.24) is 19.9 Å². The minimum Gasteiger partial charge on any atom is -0.417 e. The molecule has 8 nitrogen and oxygen atoms in total. The smallest absolute Gasteiger partial charge is 0.388 e. The molecule has 0 spiro atoms. The zero-order valence-corrected chi connectivity index (χ0v) is 20.7. The summed E-state index contributed by atoms with van der Waals surface area (Å²) in [5.74, 6) is -0.807. The number of aryl methyl sites for hydroxylation is 2. The molecule has 0 saturated heterocycles. The van der Waals surface area contributed by atoms with Gasteiger partial charge in [-0.15, -0.1) is 0 Å². The number of rotatable bonds is 7. The largest absolute Gasteiger partial charge is 0.417 e. The molecule has 178 valence electrons. The highest BCUT2D eigenvalue weighted by Gasteiger charge is 2.22. The summed E-state index contributed by atoms with van der Waals surface area (Å²) < 4.78 is 30.1. The number of nitrogens with one attached hydrogen (secondary N) is 1. The van der Waals surface area contributed by atoms with Crippen molar-refractivity contribution in [2.45, 2.75) is 20.5 Å². The van der Waals surface area contributed by atoms with Crippen LogP contribution in [0.1, 0.15) is 21.7 Å². The number of primary amides is 1. The number of benzene rings is 1. The Balaban J connectivity index is 1.78. The summed E-state index contributed by atoms with van der Waals surface area (Å²) in [6, 6.07) is 13.1. The van der Waals surface area contributed by atoms with Gasteiger partial charge in [0.15, 0.2) is 0 Å². The second kappa shape index (κ2) is 10.3. The Hall–Kier alpha value is -3.74. The van der Waals surface area contributed by atoms with Crippen molar-refractivity contribution < 1.29 is 18.3 Å².